The van der Waals surface area contributed by atoms with E-state index in [0.29, 0.717) is 17.2 Å². The van der Waals surface area contributed by atoms with Crippen molar-refractivity contribution in [3.63, 3.8) is 0 Å². The summed E-state index contributed by atoms with van der Waals surface area (Å²) in [5.74, 6) is 2.04. The molecule has 1 aliphatic rings. The van der Waals surface area contributed by atoms with Crippen LogP contribution in [0.4, 0.5) is 10.5 Å². The summed E-state index contributed by atoms with van der Waals surface area (Å²) in [6.45, 7) is 4.28. The Hall–Kier alpha value is -2.89. The quantitative estimate of drug-likeness (QED) is 0.850. The van der Waals surface area contributed by atoms with Crippen molar-refractivity contribution in [3.8, 4) is 17.2 Å². The van der Waals surface area contributed by atoms with Gasteiger partial charge in [0.1, 0.15) is 5.75 Å². The first-order valence-corrected chi connectivity index (χ1v) is 7.26. The second-order valence-electron chi connectivity index (χ2n) is 5.26. The van der Waals surface area contributed by atoms with Crippen molar-refractivity contribution in [2.75, 3.05) is 18.8 Å². The number of hydrogen-bond donors (Lipinski definition) is 2. The van der Waals surface area contributed by atoms with Crippen LogP contribution in [0, 0.1) is 13.8 Å². The van der Waals surface area contributed by atoms with Gasteiger partial charge in [0.2, 0.25) is 6.79 Å². The van der Waals surface area contributed by atoms with Crippen LogP contribution in [0.25, 0.3) is 0 Å². The average molecular weight is 314 g/mol. The van der Waals surface area contributed by atoms with Crippen LogP contribution in [0.5, 0.6) is 17.2 Å². The van der Waals surface area contributed by atoms with Crippen LogP contribution in [-0.4, -0.2) is 19.6 Å². The third-order valence-corrected chi connectivity index (χ3v) is 3.42. The van der Waals surface area contributed by atoms with Crippen LogP contribution in [-0.2, 0) is 0 Å². The lowest BCUT2D eigenvalue weighted by Crippen LogP contribution is -2.32. The van der Waals surface area contributed by atoms with Gasteiger partial charge < -0.3 is 24.8 Å². The molecule has 23 heavy (non-hydrogen) atoms. The minimum atomic E-state index is -0.353. The van der Waals surface area contributed by atoms with Gasteiger partial charge in [-0.05, 0) is 37.6 Å². The summed E-state index contributed by atoms with van der Waals surface area (Å²) in [6, 6.07) is 10.8. The SMILES string of the molecule is Cc1ccc(OCNC(=O)Nc2ccc3c(c2)OCO3)c(C)c1. The van der Waals surface area contributed by atoms with Gasteiger partial charge in [0.15, 0.2) is 18.2 Å². The molecule has 0 bridgehead atoms. The van der Waals surface area contributed by atoms with E-state index in [1.807, 2.05) is 32.0 Å². The predicted molar refractivity (Wildman–Crippen MR) is 86.1 cm³/mol. The molecule has 2 N–H and O–H groups in total. The standard InChI is InChI=1S/C17H18N2O4/c1-11-3-5-14(12(2)7-11)21-9-18-17(20)19-13-4-6-15-16(8-13)23-10-22-15/h3-8H,9-10H2,1-2H3,(H2,18,19,20). The molecule has 0 atom stereocenters. The van der Waals surface area contributed by atoms with Gasteiger partial charge in [0.05, 0.1) is 0 Å². The lowest BCUT2D eigenvalue weighted by Gasteiger charge is -2.11. The number of ether oxygens (including phenoxy) is 3. The first kappa shape index (κ1) is 15.0. The Balaban J connectivity index is 1.50. The summed E-state index contributed by atoms with van der Waals surface area (Å²) in [7, 11) is 0. The topological polar surface area (TPSA) is 68.8 Å². The van der Waals surface area contributed by atoms with E-state index >= 15 is 0 Å². The smallest absolute Gasteiger partial charge is 0.321 e. The molecule has 2 aromatic carbocycles. The largest absolute Gasteiger partial charge is 0.473 e. The molecule has 3 rings (SSSR count). The van der Waals surface area contributed by atoms with Crippen molar-refractivity contribution in [2.24, 2.45) is 0 Å². The number of fused-ring (bicyclic) bond motifs is 1. The van der Waals surface area contributed by atoms with Crippen molar-refractivity contribution in [1.29, 1.82) is 0 Å². The third kappa shape index (κ3) is 3.66. The summed E-state index contributed by atoms with van der Waals surface area (Å²) in [6.07, 6.45) is 0. The number of amides is 2. The van der Waals surface area contributed by atoms with Crippen LogP contribution < -0.4 is 24.8 Å². The number of urea groups is 1. The maximum atomic E-state index is 11.9. The zero-order valence-corrected chi connectivity index (χ0v) is 13.0. The molecule has 0 aromatic heterocycles. The third-order valence-electron chi connectivity index (χ3n) is 3.42. The first-order valence-electron chi connectivity index (χ1n) is 7.26. The number of carbonyl (C=O) groups excluding carboxylic acids is 1. The normalized spacial score (nSPS) is 11.9. The zero-order chi connectivity index (χ0) is 16.2. The molecule has 2 amide bonds. The summed E-state index contributed by atoms with van der Waals surface area (Å²) in [5.41, 5.74) is 2.82. The molecule has 1 aliphatic heterocycles. The van der Waals surface area contributed by atoms with Gasteiger partial charge in [-0.1, -0.05) is 17.7 Å². The second kappa shape index (κ2) is 6.48. The molecule has 6 heteroatoms. The summed E-state index contributed by atoms with van der Waals surface area (Å²) in [4.78, 5) is 11.9. The number of hydrogen-bond acceptors (Lipinski definition) is 4. The van der Waals surface area contributed by atoms with Crippen LogP contribution in [0.3, 0.4) is 0 Å². The Morgan fingerprint density at radius 1 is 1.13 bits per heavy atom. The Morgan fingerprint density at radius 3 is 2.78 bits per heavy atom. The highest BCUT2D eigenvalue weighted by Gasteiger charge is 2.14. The van der Waals surface area contributed by atoms with E-state index in [0.717, 1.165) is 11.3 Å². The van der Waals surface area contributed by atoms with Crippen molar-refractivity contribution >= 4 is 11.7 Å². The molecular formula is C17H18N2O4. The molecular weight excluding hydrogens is 296 g/mol. The Bertz CT molecular complexity index is 731. The van der Waals surface area contributed by atoms with Gasteiger partial charge in [-0.2, -0.15) is 0 Å². The predicted octanol–water partition coefficient (Wildman–Crippen LogP) is 3.19. The number of anilines is 1. The average Bonchev–Trinajstić information content (AvgIpc) is 2.97. The molecule has 0 aliphatic carbocycles. The molecule has 0 saturated carbocycles. The fourth-order valence-corrected chi connectivity index (χ4v) is 2.29. The van der Waals surface area contributed by atoms with Crippen LogP contribution in [0.15, 0.2) is 36.4 Å². The molecule has 0 unspecified atom stereocenters. The van der Waals surface area contributed by atoms with E-state index in [9.17, 15) is 4.79 Å². The number of benzene rings is 2. The number of nitrogens with one attached hydrogen (secondary N) is 2. The summed E-state index contributed by atoms with van der Waals surface area (Å²) >= 11 is 0. The molecule has 2 aromatic rings. The molecule has 1 heterocycles. The Morgan fingerprint density at radius 2 is 1.96 bits per heavy atom. The monoisotopic (exact) mass is 314 g/mol. The number of aryl methyl sites for hydroxylation is 2. The van der Waals surface area contributed by atoms with Crippen LogP contribution in [0.2, 0.25) is 0 Å². The van der Waals surface area contributed by atoms with E-state index < -0.39 is 0 Å². The van der Waals surface area contributed by atoms with Gasteiger partial charge in [-0.3, -0.25) is 0 Å². The Kier molecular flexibility index (Phi) is 4.23. The fraction of sp³-hybridized carbons (Fsp3) is 0.235. The lowest BCUT2D eigenvalue weighted by molar-refractivity contribution is 0.174. The molecule has 0 fully saturated rings. The van der Waals surface area contributed by atoms with Crippen molar-refractivity contribution in [3.05, 3.63) is 47.5 Å². The molecule has 6 nitrogen and oxygen atoms in total. The van der Waals surface area contributed by atoms with Crippen molar-refractivity contribution in [2.45, 2.75) is 13.8 Å². The highest BCUT2D eigenvalue weighted by molar-refractivity contribution is 5.89. The molecule has 120 valence electrons. The van der Waals surface area contributed by atoms with Gasteiger partial charge in [0.25, 0.3) is 0 Å². The molecule has 0 saturated heterocycles. The van der Waals surface area contributed by atoms with Crippen LogP contribution in [0.1, 0.15) is 11.1 Å². The second-order valence-corrected chi connectivity index (χ2v) is 5.26. The van der Waals surface area contributed by atoms with Crippen LogP contribution >= 0.6 is 0 Å². The zero-order valence-electron chi connectivity index (χ0n) is 13.0. The maximum absolute atomic E-state index is 11.9. The molecule has 0 radical (unpaired) electrons. The van der Waals surface area contributed by atoms with Crippen molar-refractivity contribution in [1.82, 2.24) is 5.32 Å². The van der Waals surface area contributed by atoms with E-state index in [1.54, 1.807) is 18.2 Å². The fourth-order valence-electron chi connectivity index (χ4n) is 2.29. The minimum absolute atomic E-state index is 0.0836. The number of carbonyl (C=O) groups is 1. The van der Waals surface area contributed by atoms with E-state index in [4.69, 9.17) is 14.2 Å². The Labute approximate surface area is 134 Å². The van der Waals surface area contributed by atoms with Gasteiger partial charge in [-0.25, -0.2) is 4.79 Å². The first-order chi connectivity index (χ1) is 11.1. The van der Waals surface area contributed by atoms with Crippen molar-refractivity contribution < 1.29 is 19.0 Å². The minimum Gasteiger partial charge on any atom is -0.473 e. The summed E-state index contributed by atoms with van der Waals surface area (Å²) in [5, 5.41) is 5.36. The van der Waals surface area contributed by atoms with Gasteiger partial charge >= 0.3 is 6.03 Å². The number of rotatable bonds is 4. The summed E-state index contributed by atoms with van der Waals surface area (Å²) < 4.78 is 16.0. The van der Waals surface area contributed by atoms with E-state index in [-0.39, 0.29) is 19.6 Å². The highest BCUT2D eigenvalue weighted by Crippen LogP contribution is 2.34. The van der Waals surface area contributed by atoms with E-state index in [2.05, 4.69) is 10.6 Å². The van der Waals surface area contributed by atoms with E-state index in [1.165, 1.54) is 5.56 Å². The lowest BCUT2D eigenvalue weighted by atomic mass is 10.1. The van der Waals surface area contributed by atoms with Gasteiger partial charge in [0, 0.05) is 11.8 Å². The van der Waals surface area contributed by atoms with Gasteiger partial charge in [-0.15, -0.1) is 0 Å². The maximum Gasteiger partial charge on any atom is 0.321 e. The highest BCUT2D eigenvalue weighted by atomic mass is 16.7. The molecule has 0 spiro atoms.